The van der Waals surface area contributed by atoms with E-state index in [1.807, 2.05) is 20.0 Å². The van der Waals surface area contributed by atoms with Gasteiger partial charge in [0.15, 0.2) is 5.82 Å². The van der Waals surface area contributed by atoms with Crippen molar-refractivity contribution in [3.8, 4) is 0 Å². The van der Waals surface area contributed by atoms with Crippen molar-refractivity contribution >= 4 is 23.3 Å². The van der Waals surface area contributed by atoms with Gasteiger partial charge >= 0.3 is 0 Å². The van der Waals surface area contributed by atoms with Crippen molar-refractivity contribution in [2.75, 3.05) is 7.05 Å². The third kappa shape index (κ3) is 3.72. The Hall–Kier alpha value is -2.32. The lowest BCUT2D eigenvalue weighted by molar-refractivity contribution is 0.355. The van der Waals surface area contributed by atoms with E-state index in [1.165, 1.54) is 4.68 Å². The molecule has 0 radical (unpaired) electrons. The molecule has 0 aliphatic carbocycles. The van der Waals surface area contributed by atoms with E-state index >= 15 is 0 Å². The molecule has 0 spiro atoms. The van der Waals surface area contributed by atoms with Crippen molar-refractivity contribution in [2.24, 2.45) is 0 Å². The summed E-state index contributed by atoms with van der Waals surface area (Å²) in [6.07, 6.45) is 0.651. The number of likely N-dealkylation sites (N-methyl/N-ethyl adjacent to an activating group) is 1. The molecule has 3 rings (SSSR count). The van der Waals surface area contributed by atoms with Crippen molar-refractivity contribution in [3.05, 3.63) is 46.3 Å². The Labute approximate surface area is 138 Å². The lowest BCUT2D eigenvalue weighted by Crippen LogP contribution is -2.25. The second kappa shape index (κ2) is 7.30. The van der Waals surface area contributed by atoms with Crippen LogP contribution in [0.3, 0.4) is 0 Å². The summed E-state index contributed by atoms with van der Waals surface area (Å²) in [6.45, 7) is 2.13. The van der Waals surface area contributed by atoms with Crippen LogP contribution in [0.4, 0.5) is 0 Å². The van der Waals surface area contributed by atoms with E-state index in [0.717, 1.165) is 0 Å². The van der Waals surface area contributed by atoms with Crippen LogP contribution in [-0.2, 0) is 13.0 Å². The van der Waals surface area contributed by atoms with Crippen LogP contribution in [0.25, 0.3) is 10.9 Å². The first kappa shape index (κ1) is 17.0. The predicted molar refractivity (Wildman–Crippen MR) is 86.7 cm³/mol. The monoisotopic (exact) mass is 336 g/mol. The third-order valence-corrected chi connectivity index (χ3v) is 3.41. The van der Waals surface area contributed by atoms with E-state index < -0.39 is 0 Å². The van der Waals surface area contributed by atoms with E-state index in [9.17, 15) is 4.79 Å². The quantitative estimate of drug-likeness (QED) is 0.735. The van der Waals surface area contributed by atoms with Crippen molar-refractivity contribution in [2.45, 2.75) is 25.9 Å². The maximum Gasteiger partial charge on any atom is 0.278 e. The number of fused-ring (bicyclic) bond motifs is 1. The van der Waals surface area contributed by atoms with E-state index in [0.29, 0.717) is 29.0 Å². The van der Waals surface area contributed by atoms with Crippen LogP contribution in [0.5, 0.6) is 0 Å². The fourth-order valence-electron chi connectivity index (χ4n) is 2.07. The molecular formula is C14H17ClN6O2. The third-order valence-electron chi connectivity index (χ3n) is 3.41. The minimum atomic E-state index is -0.228. The highest BCUT2D eigenvalue weighted by molar-refractivity contribution is 5.85. The van der Waals surface area contributed by atoms with Crippen LogP contribution < -0.4 is 10.9 Å². The summed E-state index contributed by atoms with van der Waals surface area (Å²) < 4.78 is 6.39. The van der Waals surface area contributed by atoms with Crippen LogP contribution in [0.2, 0.25) is 0 Å². The summed E-state index contributed by atoms with van der Waals surface area (Å²) in [4.78, 5) is 16.6. The Morgan fingerprint density at radius 3 is 2.91 bits per heavy atom. The van der Waals surface area contributed by atoms with Crippen LogP contribution in [0.1, 0.15) is 18.6 Å². The normalized spacial score (nSPS) is 12.1. The number of nitrogens with one attached hydrogen (secondary N) is 1. The van der Waals surface area contributed by atoms with Crippen LogP contribution in [-0.4, -0.2) is 38.2 Å². The topological polar surface area (TPSA) is 98.7 Å². The van der Waals surface area contributed by atoms with Gasteiger partial charge in [-0.25, -0.2) is 4.68 Å². The maximum absolute atomic E-state index is 12.3. The first-order valence-electron chi connectivity index (χ1n) is 6.98. The molecule has 1 unspecified atom stereocenters. The molecule has 122 valence electrons. The minimum Gasteiger partial charge on any atom is -0.337 e. The summed E-state index contributed by atoms with van der Waals surface area (Å²) in [5, 5.41) is 15.4. The average molecular weight is 337 g/mol. The van der Waals surface area contributed by atoms with Gasteiger partial charge in [0, 0.05) is 12.5 Å². The summed E-state index contributed by atoms with van der Waals surface area (Å²) in [7, 11) is 1.87. The van der Waals surface area contributed by atoms with Gasteiger partial charge in [0.05, 0.1) is 5.39 Å². The molecule has 23 heavy (non-hydrogen) atoms. The molecule has 2 heterocycles. The van der Waals surface area contributed by atoms with Gasteiger partial charge in [-0.3, -0.25) is 4.79 Å². The second-order valence-corrected chi connectivity index (χ2v) is 5.07. The molecule has 0 bridgehead atoms. The van der Waals surface area contributed by atoms with Gasteiger partial charge in [-0.15, -0.1) is 17.5 Å². The Morgan fingerprint density at radius 1 is 1.35 bits per heavy atom. The first-order valence-corrected chi connectivity index (χ1v) is 6.98. The van der Waals surface area contributed by atoms with E-state index in [-0.39, 0.29) is 30.6 Å². The molecule has 1 N–H and O–H groups in total. The Balaban J connectivity index is 0.00000192. The van der Waals surface area contributed by atoms with E-state index in [2.05, 4.69) is 25.8 Å². The molecule has 8 nitrogen and oxygen atoms in total. The number of hydrogen-bond acceptors (Lipinski definition) is 7. The number of benzene rings is 1. The lowest BCUT2D eigenvalue weighted by Gasteiger charge is -2.04. The highest BCUT2D eigenvalue weighted by Crippen LogP contribution is 2.05. The average Bonchev–Trinajstić information content (AvgIpc) is 2.97. The highest BCUT2D eigenvalue weighted by atomic mass is 35.5. The fraction of sp³-hybridized carbons (Fsp3) is 0.357. The fourth-order valence-corrected chi connectivity index (χ4v) is 2.07. The molecule has 1 aromatic carbocycles. The second-order valence-electron chi connectivity index (χ2n) is 5.07. The van der Waals surface area contributed by atoms with Gasteiger partial charge in [0.25, 0.3) is 5.56 Å². The van der Waals surface area contributed by atoms with Crippen molar-refractivity contribution in [1.82, 2.24) is 30.5 Å². The first-order chi connectivity index (χ1) is 10.7. The van der Waals surface area contributed by atoms with Gasteiger partial charge in [0.2, 0.25) is 5.89 Å². The standard InChI is InChI=1S/C14H16N6O2.ClH/c1-9(15-2)7-12-16-13(22-18-12)8-20-14(21)10-5-3-4-6-11(10)17-19-20;/h3-6,9,15H,7-8H2,1-2H3;1H. The van der Waals surface area contributed by atoms with E-state index in [4.69, 9.17) is 4.52 Å². The zero-order valence-corrected chi connectivity index (χ0v) is 13.6. The highest BCUT2D eigenvalue weighted by Gasteiger charge is 2.12. The van der Waals surface area contributed by atoms with Gasteiger partial charge in [0.1, 0.15) is 12.1 Å². The molecule has 3 aromatic rings. The Kier molecular flexibility index (Phi) is 5.41. The van der Waals surface area contributed by atoms with Gasteiger partial charge < -0.3 is 9.84 Å². The van der Waals surface area contributed by atoms with Crippen LogP contribution in [0, 0.1) is 0 Å². The van der Waals surface area contributed by atoms with Crippen LogP contribution >= 0.6 is 12.4 Å². The molecule has 9 heteroatoms. The van der Waals surface area contributed by atoms with Crippen molar-refractivity contribution in [3.63, 3.8) is 0 Å². The number of hydrogen-bond donors (Lipinski definition) is 1. The predicted octanol–water partition coefficient (Wildman–Crippen LogP) is 0.795. The molecule has 0 aliphatic heterocycles. The molecule has 0 fully saturated rings. The summed E-state index contributed by atoms with van der Waals surface area (Å²) in [5.41, 5.74) is 0.340. The van der Waals surface area contributed by atoms with Crippen LogP contribution in [0.15, 0.2) is 33.6 Å². The minimum absolute atomic E-state index is 0. The Morgan fingerprint density at radius 2 is 2.13 bits per heavy atom. The molecule has 0 amide bonds. The largest absolute Gasteiger partial charge is 0.337 e. The summed E-state index contributed by atoms with van der Waals surface area (Å²) in [5.74, 6) is 0.934. The maximum atomic E-state index is 12.3. The van der Waals surface area contributed by atoms with Gasteiger partial charge in [-0.2, -0.15) is 4.98 Å². The van der Waals surface area contributed by atoms with Crippen molar-refractivity contribution < 1.29 is 4.52 Å². The lowest BCUT2D eigenvalue weighted by atomic mass is 10.2. The van der Waals surface area contributed by atoms with Crippen molar-refractivity contribution in [1.29, 1.82) is 0 Å². The summed E-state index contributed by atoms with van der Waals surface area (Å²) >= 11 is 0. The molecule has 0 saturated heterocycles. The molecule has 2 aromatic heterocycles. The Bertz CT molecular complexity index is 846. The molecule has 0 aliphatic rings. The number of aromatic nitrogens is 5. The molecular weight excluding hydrogens is 320 g/mol. The number of nitrogens with zero attached hydrogens (tertiary/aromatic N) is 5. The van der Waals surface area contributed by atoms with Gasteiger partial charge in [-0.05, 0) is 26.1 Å². The molecule has 0 saturated carbocycles. The summed E-state index contributed by atoms with van der Waals surface area (Å²) in [6, 6.07) is 7.32. The zero-order valence-electron chi connectivity index (χ0n) is 12.8. The number of rotatable bonds is 5. The SMILES string of the molecule is CNC(C)Cc1noc(Cn2nnc3ccccc3c2=O)n1.Cl. The zero-order chi connectivity index (χ0) is 15.5. The number of halogens is 1. The van der Waals surface area contributed by atoms with Gasteiger partial charge in [-0.1, -0.05) is 22.5 Å². The smallest absolute Gasteiger partial charge is 0.278 e. The van der Waals surface area contributed by atoms with E-state index in [1.54, 1.807) is 18.2 Å². The molecule has 1 atom stereocenters.